The molecule has 14 heavy (non-hydrogen) atoms. The number of carbonyl (C=O) groups excluding carboxylic acids is 1. The lowest BCUT2D eigenvalue weighted by atomic mass is 10.0. The maximum atomic E-state index is 10.4. The molecular weight excluding hydrogens is 176 g/mol. The van der Waals surface area contributed by atoms with Gasteiger partial charge in [-0.25, -0.2) is 0 Å². The molecule has 2 heteroatoms. The molecule has 2 nitrogen and oxygen atoms in total. The second-order valence-corrected chi connectivity index (χ2v) is 3.70. The number of hydrogen-bond acceptors (Lipinski definition) is 2. The average molecular weight is 198 g/mol. The van der Waals surface area contributed by atoms with Gasteiger partial charge in [0.05, 0.1) is 6.61 Å². The molecule has 0 fully saturated rings. The van der Waals surface area contributed by atoms with Crippen LogP contribution < -0.4 is 0 Å². The fourth-order valence-corrected chi connectivity index (χ4v) is 1.03. The Bertz CT molecular complexity index is 173. The highest BCUT2D eigenvalue weighted by molar-refractivity contribution is 5.65. The van der Waals surface area contributed by atoms with Crippen molar-refractivity contribution in [1.29, 1.82) is 0 Å². The third-order valence-electron chi connectivity index (χ3n) is 2.22. The molecule has 0 saturated heterocycles. The van der Waals surface area contributed by atoms with E-state index >= 15 is 0 Å². The predicted molar refractivity (Wildman–Crippen MR) is 59.1 cm³/mol. The third kappa shape index (κ3) is 9.30. The summed E-state index contributed by atoms with van der Waals surface area (Å²) >= 11 is 0. The van der Waals surface area contributed by atoms with Gasteiger partial charge in [-0.2, -0.15) is 0 Å². The highest BCUT2D eigenvalue weighted by atomic mass is 16.5. The Kier molecular flexibility index (Phi) is 8.30. The Morgan fingerprint density at radius 2 is 2.14 bits per heavy atom. The SMILES string of the molecule is CCC(C)C/C=C\CCCOC(C)=O. The van der Waals surface area contributed by atoms with Gasteiger partial charge in [0.15, 0.2) is 0 Å². The lowest BCUT2D eigenvalue weighted by Crippen LogP contribution is -1.99. The number of esters is 1. The first kappa shape index (κ1) is 13.2. The second kappa shape index (κ2) is 8.79. The van der Waals surface area contributed by atoms with Gasteiger partial charge in [-0.05, 0) is 25.2 Å². The Morgan fingerprint density at radius 1 is 1.43 bits per heavy atom. The van der Waals surface area contributed by atoms with Crippen LogP contribution in [0.4, 0.5) is 0 Å². The Balaban J connectivity index is 3.23. The lowest BCUT2D eigenvalue weighted by Gasteiger charge is -2.02. The van der Waals surface area contributed by atoms with Crippen LogP contribution in [0.15, 0.2) is 12.2 Å². The normalized spacial score (nSPS) is 13.1. The number of ether oxygens (including phenoxy) is 1. The number of carbonyl (C=O) groups is 1. The van der Waals surface area contributed by atoms with Crippen molar-refractivity contribution < 1.29 is 9.53 Å². The quantitative estimate of drug-likeness (QED) is 0.356. The van der Waals surface area contributed by atoms with Crippen molar-refractivity contribution in [1.82, 2.24) is 0 Å². The van der Waals surface area contributed by atoms with Gasteiger partial charge < -0.3 is 4.74 Å². The summed E-state index contributed by atoms with van der Waals surface area (Å²) in [5.74, 6) is 0.591. The van der Waals surface area contributed by atoms with Crippen LogP contribution in [0.25, 0.3) is 0 Å². The maximum absolute atomic E-state index is 10.4. The largest absolute Gasteiger partial charge is 0.466 e. The van der Waals surface area contributed by atoms with E-state index in [1.807, 2.05) is 0 Å². The number of allylic oxidation sites excluding steroid dienone is 2. The molecule has 1 atom stereocenters. The molecule has 0 rings (SSSR count). The first-order valence-electron chi connectivity index (χ1n) is 5.45. The van der Waals surface area contributed by atoms with Crippen LogP contribution >= 0.6 is 0 Å². The van der Waals surface area contributed by atoms with Crippen molar-refractivity contribution in [2.45, 2.75) is 46.5 Å². The molecule has 82 valence electrons. The van der Waals surface area contributed by atoms with E-state index in [2.05, 4.69) is 26.0 Å². The van der Waals surface area contributed by atoms with E-state index in [9.17, 15) is 4.79 Å². The van der Waals surface area contributed by atoms with Gasteiger partial charge in [-0.15, -0.1) is 0 Å². The van der Waals surface area contributed by atoms with Crippen LogP contribution in [0, 0.1) is 5.92 Å². The summed E-state index contributed by atoms with van der Waals surface area (Å²) < 4.78 is 4.82. The van der Waals surface area contributed by atoms with E-state index in [1.165, 1.54) is 13.3 Å². The third-order valence-corrected chi connectivity index (χ3v) is 2.22. The Morgan fingerprint density at radius 3 is 2.71 bits per heavy atom. The van der Waals surface area contributed by atoms with Crippen LogP contribution in [0.2, 0.25) is 0 Å². The minimum absolute atomic E-state index is 0.186. The van der Waals surface area contributed by atoms with Gasteiger partial charge in [0.25, 0.3) is 0 Å². The standard InChI is InChI=1S/C12H22O2/c1-4-11(2)9-7-5-6-8-10-14-12(3)13/h5,7,11H,4,6,8-10H2,1-3H3/b7-5-. The van der Waals surface area contributed by atoms with Crippen LogP contribution in [0.5, 0.6) is 0 Å². The summed E-state index contributed by atoms with van der Waals surface area (Å²) in [4.78, 5) is 10.4. The monoisotopic (exact) mass is 198 g/mol. The molecule has 0 N–H and O–H groups in total. The smallest absolute Gasteiger partial charge is 0.302 e. The summed E-state index contributed by atoms with van der Waals surface area (Å²) in [5.41, 5.74) is 0. The first-order chi connectivity index (χ1) is 6.66. The molecule has 0 amide bonds. The van der Waals surface area contributed by atoms with E-state index in [0.717, 1.165) is 25.2 Å². The van der Waals surface area contributed by atoms with Gasteiger partial charge in [0.1, 0.15) is 0 Å². The Labute approximate surface area is 87.3 Å². The molecule has 0 aliphatic carbocycles. The first-order valence-corrected chi connectivity index (χ1v) is 5.45. The van der Waals surface area contributed by atoms with Gasteiger partial charge in [-0.1, -0.05) is 32.4 Å². The second-order valence-electron chi connectivity index (χ2n) is 3.70. The fraction of sp³-hybridized carbons (Fsp3) is 0.750. The summed E-state index contributed by atoms with van der Waals surface area (Å²) in [6, 6.07) is 0. The van der Waals surface area contributed by atoms with Crippen molar-refractivity contribution >= 4 is 5.97 Å². The molecule has 0 spiro atoms. The zero-order chi connectivity index (χ0) is 10.8. The van der Waals surface area contributed by atoms with Crippen molar-refractivity contribution in [2.24, 2.45) is 5.92 Å². The molecule has 0 heterocycles. The zero-order valence-corrected chi connectivity index (χ0v) is 9.58. The molecule has 0 aliphatic rings. The molecule has 0 aromatic heterocycles. The van der Waals surface area contributed by atoms with Crippen LogP contribution in [-0.2, 0) is 9.53 Å². The predicted octanol–water partition coefficient (Wildman–Crippen LogP) is 3.32. The number of unbranched alkanes of at least 4 members (excludes halogenated alkanes) is 1. The summed E-state index contributed by atoms with van der Waals surface area (Å²) in [5, 5.41) is 0. The lowest BCUT2D eigenvalue weighted by molar-refractivity contribution is -0.141. The minimum Gasteiger partial charge on any atom is -0.466 e. The van der Waals surface area contributed by atoms with Gasteiger partial charge in [0.2, 0.25) is 0 Å². The van der Waals surface area contributed by atoms with E-state index in [-0.39, 0.29) is 5.97 Å². The molecule has 0 saturated carbocycles. The fourth-order valence-electron chi connectivity index (χ4n) is 1.03. The van der Waals surface area contributed by atoms with E-state index in [1.54, 1.807) is 0 Å². The van der Waals surface area contributed by atoms with Crippen molar-refractivity contribution in [3.63, 3.8) is 0 Å². The zero-order valence-electron chi connectivity index (χ0n) is 9.58. The highest BCUT2D eigenvalue weighted by Gasteiger charge is 1.93. The van der Waals surface area contributed by atoms with Gasteiger partial charge >= 0.3 is 5.97 Å². The number of rotatable bonds is 7. The van der Waals surface area contributed by atoms with Gasteiger partial charge in [-0.3, -0.25) is 4.79 Å². The van der Waals surface area contributed by atoms with Crippen LogP contribution in [0.3, 0.4) is 0 Å². The molecular formula is C12H22O2. The van der Waals surface area contributed by atoms with E-state index < -0.39 is 0 Å². The Hall–Kier alpha value is -0.790. The molecule has 0 aromatic rings. The molecule has 1 unspecified atom stereocenters. The van der Waals surface area contributed by atoms with Crippen molar-refractivity contribution in [2.75, 3.05) is 6.61 Å². The maximum Gasteiger partial charge on any atom is 0.302 e. The van der Waals surface area contributed by atoms with E-state index in [4.69, 9.17) is 4.74 Å². The summed E-state index contributed by atoms with van der Waals surface area (Å²) in [7, 11) is 0. The number of hydrogen-bond donors (Lipinski definition) is 0. The average Bonchev–Trinajstić information content (AvgIpc) is 2.15. The molecule has 0 aliphatic heterocycles. The molecule has 0 radical (unpaired) electrons. The summed E-state index contributed by atoms with van der Waals surface area (Å²) in [6.45, 7) is 6.45. The summed E-state index contributed by atoms with van der Waals surface area (Å²) in [6.07, 6.45) is 8.72. The molecule has 0 bridgehead atoms. The highest BCUT2D eigenvalue weighted by Crippen LogP contribution is 2.07. The topological polar surface area (TPSA) is 26.3 Å². The van der Waals surface area contributed by atoms with E-state index in [0.29, 0.717) is 6.61 Å². The van der Waals surface area contributed by atoms with Gasteiger partial charge in [0, 0.05) is 6.92 Å². The van der Waals surface area contributed by atoms with Crippen LogP contribution in [-0.4, -0.2) is 12.6 Å². The van der Waals surface area contributed by atoms with Crippen molar-refractivity contribution in [3.05, 3.63) is 12.2 Å². The molecule has 0 aromatic carbocycles. The van der Waals surface area contributed by atoms with Crippen LogP contribution in [0.1, 0.15) is 46.5 Å². The minimum atomic E-state index is -0.186. The van der Waals surface area contributed by atoms with Crippen molar-refractivity contribution in [3.8, 4) is 0 Å².